The third-order valence-electron chi connectivity index (χ3n) is 3.83. The van der Waals surface area contributed by atoms with Gasteiger partial charge in [0.1, 0.15) is 0 Å². The molecule has 1 saturated heterocycles. The van der Waals surface area contributed by atoms with Crippen LogP contribution < -0.4 is 5.32 Å². The summed E-state index contributed by atoms with van der Waals surface area (Å²) in [5.41, 5.74) is 1.83. The van der Waals surface area contributed by atoms with Crippen LogP contribution in [0.5, 0.6) is 0 Å². The molecule has 0 radical (unpaired) electrons. The van der Waals surface area contributed by atoms with E-state index in [-0.39, 0.29) is 5.91 Å². The largest absolute Gasteiger partial charge is 0.351 e. The minimum atomic E-state index is 0.0235. The predicted molar refractivity (Wildman–Crippen MR) is 86.1 cm³/mol. The lowest BCUT2D eigenvalue weighted by atomic mass is 10.1. The zero-order chi connectivity index (χ0) is 14.4. The van der Waals surface area contributed by atoms with Crippen LogP contribution in [-0.2, 0) is 0 Å². The molecule has 20 heavy (non-hydrogen) atoms. The molecule has 1 aliphatic heterocycles. The Bertz CT molecular complexity index is 454. The summed E-state index contributed by atoms with van der Waals surface area (Å²) in [6, 6.07) is 5.71. The van der Waals surface area contributed by atoms with Crippen molar-refractivity contribution >= 4 is 21.8 Å². The lowest BCUT2D eigenvalue weighted by Crippen LogP contribution is -2.35. The highest BCUT2D eigenvalue weighted by Crippen LogP contribution is 2.17. The van der Waals surface area contributed by atoms with Crippen LogP contribution in [-0.4, -0.2) is 37.0 Å². The molecule has 4 heteroatoms. The van der Waals surface area contributed by atoms with Gasteiger partial charge in [0.05, 0.1) is 0 Å². The van der Waals surface area contributed by atoms with Crippen molar-refractivity contribution in [3.05, 3.63) is 33.8 Å². The Hall–Kier alpha value is -0.870. The molecule has 0 saturated carbocycles. The monoisotopic (exact) mass is 338 g/mol. The van der Waals surface area contributed by atoms with Gasteiger partial charge in [-0.05, 0) is 56.6 Å². The van der Waals surface area contributed by atoms with Crippen molar-refractivity contribution < 1.29 is 4.79 Å². The third kappa shape index (κ3) is 4.60. The number of carbonyl (C=O) groups excluding carboxylic acids is 1. The van der Waals surface area contributed by atoms with Crippen LogP contribution in [0.4, 0.5) is 0 Å². The van der Waals surface area contributed by atoms with E-state index in [1.54, 1.807) is 0 Å². The van der Waals surface area contributed by atoms with Crippen LogP contribution in [0.3, 0.4) is 0 Å². The standard InChI is InChI=1S/C16H23BrN2O/c1-13-12-14(6-7-15(13)17)16(20)18-8-11-19-9-4-2-3-5-10-19/h6-7,12H,2-5,8-11H2,1H3,(H,18,20). The first-order valence-electron chi connectivity index (χ1n) is 7.43. The van der Waals surface area contributed by atoms with Crippen molar-refractivity contribution in [1.29, 1.82) is 0 Å². The maximum atomic E-state index is 12.1. The zero-order valence-electron chi connectivity index (χ0n) is 12.1. The van der Waals surface area contributed by atoms with Gasteiger partial charge in [0.25, 0.3) is 5.91 Å². The van der Waals surface area contributed by atoms with Gasteiger partial charge < -0.3 is 10.2 Å². The number of amides is 1. The third-order valence-corrected chi connectivity index (χ3v) is 4.72. The molecule has 1 aromatic rings. The van der Waals surface area contributed by atoms with E-state index < -0.39 is 0 Å². The van der Waals surface area contributed by atoms with Gasteiger partial charge in [-0.25, -0.2) is 0 Å². The molecular weight excluding hydrogens is 316 g/mol. The van der Waals surface area contributed by atoms with E-state index in [0.717, 1.165) is 28.7 Å². The van der Waals surface area contributed by atoms with E-state index in [9.17, 15) is 4.79 Å². The van der Waals surface area contributed by atoms with Crippen molar-refractivity contribution in [2.45, 2.75) is 32.6 Å². The first-order chi connectivity index (χ1) is 9.66. The minimum Gasteiger partial charge on any atom is -0.351 e. The molecule has 0 aliphatic carbocycles. The molecule has 0 unspecified atom stereocenters. The van der Waals surface area contributed by atoms with Gasteiger partial charge >= 0.3 is 0 Å². The number of nitrogens with zero attached hydrogens (tertiary/aromatic N) is 1. The number of hydrogen-bond acceptors (Lipinski definition) is 2. The van der Waals surface area contributed by atoms with Crippen molar-refractivity contribution in [1.82, 2.24) is 10.2 Å². The number of likely N-dealkylation sites (tertiary alicyclic amines) is 1. The Labute approximate surface area is 129 Å². The quantitative estimate of drug-likeness (QED) is 0.912. The molecule has 1 heterocycles. The molecule has 110 valence electrons. The molecule has 1 amide bonds. The number of nitrogens with one attached hydrogen (secondary N) is 1. The van der Waals surface area contributed by atoms with Gasteiger partial charge in [-0.1, -0.05) is 28.8 Å². The second-order valence-corrected chi connectivity index (χ2v) is 6.33. The second kappa shape index (κ2) is 7.79. The van der Waals surface area contributed by atoms with Gasteiger partial charge in [-0.3, -0.25) is 4.79 Å². The molecule has 1 aliphatic rings. The van der Waals surface area contributed by atoms with Gasteiger partial charge in [0, 0.05) is 23.1 Å². The average molecular weight is 339 g/mol. The Morgan fingerprint density at radius 2 is 1.95 bits per heavy atom. The maximum Gasteiger partial charge on any atom is 0.251 e. The van der Waals surface area contributed by atoms with E-state index in [1.165, 1.54) is 38.8 Å². The average Bonchev–Trinajstić information content (AvgIpc) is 2.70. The zero-order valence-corrected chi connectivity index (χ0v) is 13.7. The van der Waals surface area contributed by atoms with Gasteiger partial charge in [0.15, 0.2) is 0 Å². The highest BCUT2D eigenvalue weighted by atomic mass is 79.9. The van der Waals surface area contributed by atoms with E-state index in [4.69, 9.17) is 0 Å². The van der Waals surface area contributed by atoms with E-state index >= 15 is 0 Å². The molecule has 1 aromatic carbocycles. The van der Waals surface area contributed by atoms with Crippen molar-refractivity contribution in [2.75, 3.05) is 26.2 Å². The smallest absolute Gasteiger partial charge is 0.251 e. The summed E-state index contributed by atoms with van der Waals surface area (Å²) in [5, 5.41) is 3.02. The normalized spacial score (nSPS) is 16.7. The molecule has 1 fully saturated rings. The summed E-state index contributed by atoms with van der Waals surface area (Å²) >= 11 is 3.45. The molecule has 3 nitrogen and oxygen atoms in total. The number of carbonyl (C=O) groups is 1. The first kappa shape index (κ1) is 15.5. The number of rotatable bonds is 4. The predicted octanol–water partition coefficient (Wildman–Crippen LogP) is 3.36. The topological polar surface area (TPSA) is 32.3 Å². The summed E-state index contributed by atoms with van der Waals surface area (Å²) in [7, 11) is 0. The summed E-state index contributed by atoms with van der Waals surface area (Å²) < 4.78 is 1.04. The Morgan fingerprint density at radius 3 is 2.60 bits per heavy atom. The SMILES string of the molecule is Cc1cc(C(=O)NCCN2CCCCCC2)ccc1Br. The minimum absolute atomic E-state index is 0.0235. The Morgan fingerprint density at radius 1 is 1.25 bits per heavy atom. The fourth-order valence-corrected chi connectivity index (χ4v) is 2.82. The van der Waals surface area contributed by atoms with Crippen LogP contribution in [0.15, 0.2) is 22.7 Å². The van der Waals surface area contributed by atoms with Crippen molar-refractivity contribution in [3.8, 4) is 0 Å². The molecular formula is C16H23BrN2O. The molecule has 2 rings (SSSR count). The molecule has 1 N–H and O–H groups in total. The van der Waals surface area contributed by atoms with Crippen LogP contribution in [0.25, 0.3) is 0 Å². The number of hydrogen-bond donors (Lipinski definition) is 1. The second-order valence-electron chi connectivity index (χ2n) is 5.48. The van der Waals surface area contributed by atoms with Crippen LogP contribution in [0, 0.1) is 6.92 Å². The summed E-state index contributed by atoms with van der Waals surface area (Å²) in [5.74, 6) is 0.0235. The van der Waals surface area contributed by atoms with Crippen LogP contribution in [0.1, 0.15) is 41.6 Å². The molecule has 0 atom stereocenters. The molecule has 0 bridgehead atoms. The highest BCUT2D eigenvalue weighted by molar-refractivity contribution is 9.10. The lowest BCUT2D eigenvalue weighted by molar-refractivity contribution is 0.0948. The summed E-state index contributed by atoms with van der Waals surface area (Å²) in [4.78, 5) is 14.5. The van der Waals surface area contributed by atoms with Crippen LogP contribution in [0.2, 0.25) is 0 Å². The van der Waals surface area contributed by atoms with E-state index in [1.807, 2.05) is 25.1 Å². The highest BCUT2D eigenvalue weighted by Gasteiger charge is 2.10. The van der Waals surface area contributed by atoms with Gasteiger partial charge in [-0.2, -0.15) is 0 Å². The fourth-order valence-electron chi connectivity index (χ4n) is 2.58. The van der Waals surface area contributed by atoms with Gasteiger partial charge in [-0.15, -0.1) is 0 Å². The lowest BCUT2D eigenvalue weighted by Gasteiger charge is -2.19. The van der Waals surface area contributed by atoms with Crippen molar-refractivity contribution in [2.24, 2.45) is 0 Å². The number of aryl methyl sites for hydroxylation is 1. The van der Waals surface area contributed by atoms with Crippen molar-refractivity contribution in [3.63, 3.8) is 0 Å². The van der Waals surface area contributed by atoms with E-state index in [0.29, 0.717) is 0 Å². The number of benzene rings is 1. The summed E-state index contributed by atoms with van der Waals surface area (Å²) in [6.07, 6.45) is 5.28. The maximum absolute atomic E-state index is 12.1. The van der Waals surface area contributed by atoms with Gasteiger partial charge in [0.2, 0.25) is 0 Å². The fraction of sp³-hybridized carbons (Fsp3) is 0.562. The first-order valence-corrected chi connectivity index (χ1v) is 8.23. The molecule has 0 aromatic heterocycles. The van der Waals surface area contributed by atoms with E-state index in [2.05, 4.69) is 26.1 Å². The Kier molecular flexibility index (Phi) is 6.05. The molecule has 0 spiro atoms. The number of halogens is 1. The van der Waals surface area contributed by atoms with Crippen LogP contribution >= 0.6 is 15.9 Å². The Balaban J connectivity index is 1.78. The summed E-state index contributed by atoms with van der Waals surface area (Å²) in [6.45, 7) is 6.04.